The summed E-state index contributed by atoms with van der Waals surface area (Å²) in [5.74, 6) is 0.989. The molecule has 162 valence electrons. The smallest absolute Gasteiger partial charge is 0.279 e. The van der Waals surface area contributed by atoms with Gasteiger partial charge in [0.2, 0.25) is 6.79 Å². The minimum atomic E-state index is -0.706. The van der Waals surface area contributed by atoms with Gasteiger partial charge in [0.05, 0.1) is 15.4 Å². The molecule has 2 aliphatic heterocycles. The monoisotopic (exact) mass is 428 g/mol. The average Bonchev–Trinajstić information content (AvgIpc) is 3.21. The molecule has 0 unspecified atom stereocenters. The largest absolute Gasteiger partial charge is 0.454 e. The van der Waals surface area contributed by atoms with E-state index in [0.29, 0.717) is 38.5 Å². The molecule has 0 bridgehead atoms. The number of hydrogen-bond acceptors (Lipinski definition) is 8. The standard InChI is InChI=1S/C20H20N4O7/c1-13-16(23(26)27)9-15(10-17(13)24(28)29)20(25)22-6-4-21(5-7-22)11-14-2-3-18-19(8-14)31-12-30-18/h2-3,8-10H,4-7,11-12H2,1H3. The molecule has 4 rings (SSSR count). The van der Waals surface area contributed by atoms with Crippen LogP contribution in [0.2, 0.25) is 0 Å². The van der Waals surface area contributed by atoms with E-state index in [4.69, 9.17) is 9.47 Å². The lowest BCUT2D eigenvalue weighted by molar-refractivity contribution is -0.395. The molecule has 2 heterocycles. The summed E-state index contributed by atoms with van der Waals surface area (Å²) in [7, 11) is 0. The fraction of sp³-hybridized carbons (Fsp3) is 0.350. The first kappa shape index (κ1) is 20.5. The highest BCUT2D eigenvalue weighted by molar-refractivity contribution is 5.96. The summed E-state index contributed by atoms with van der Waals surface area (Å²) in [6, 6.07) is 8.00. The van der Waals surface area contributed by atoms with Crippen molar-refractivity contribution in [2.45, 2.75) is 13.5 Å². The van der Waals surface area contributed by atoms with Gasteiger partial charge in [-0.05, 0) is 24.6 Å². The number of nitro groups is 2. The van der Waals surface area contributed by atoms with Crippen molar-refractivity contribution in [2.75, 3.05) is 33.0 Å². The quantitative estimate of drug-likeness (QED) is 0.525. The van der Waals surface area contributed by atoms with Crippen LogP contribution in [0.25, 0.3) is 0 Å². The van der Waals surface area contributed by atoms with Crippen molar-refractivity contribution in [3.8, 4) is 11.5 Å². The molecule has 0 N–H and O–H groups in total. The Morgan fingerprint density at radius 3 is 2.19 bits per heavy atom. The predicted molar refractivity (Wildman–Crippen MR) is 108 cm³/mol. The molecule has 0 spiro atoms. The number of rotatable bonds is 5. The van der Waals surface area contributed by atoms with Crippen molar-refractivity contribution in [3.05, 3.63) is 67.3 Å². The third-order valence-electron chi connectivity index (χ3n) is 5.50. The summed E-state index contributed by atoms with van der Waals surface area (Å²) in [4.78, 5) is 37.8. The van der Waals surface area contributed by atoms with Gasteiger partial charge in [0.1, 0.15) is 5.56 Å². The van der Waals surface area contributed by atoms with Crippen molar-refractivity contribution in [2.24, 2.45) is 0 Å². The lowest BCUT2D eigenvalue weighted by Gasteiger charge is -2.34. The first-order chi connectivity index (χ1) is 14.8. The van der Waals surface area contributed by atoms with Gasteiger partial charge in [0.15, 0.2) is 11.5 Å². The van der Waals surface area contributed by atoms with Gasteiger partial charge >= 0.3 is 0 Å². The number of benzene rings is 2. The molecule has 0 aliphatic carbocycles. The van der Waals surface area contributed by atoms with E-state index in [0.717, 1.165) is 23.4 Å². The summed E-state index contributed by atoms with van der Waals surface area (Å²) in [5, 5.41) is 22.5. The average molecular weight is 428 g/mol. The molecular formula is C20H20N4O7. The second-order valence-electron chi connectivity index (χ2n) is 7.41. The van der Waals surface area contributed by atoms with E-state index >= 15 is 0 Å². The van der Waals surface area contributed by atoms with Crippen LogP contribution < -0.4 is 9.47 Å². The van der Waals surface area contributed by atoms with Crippen molar-refractivity contribution in [1.82, 2.24) is 9.80 Å². The number of carbonyl (C=O) groups is 1. The van der Waals surface area contributed by atoms with Crippen LogP contribution in [0.1, 0.15) is 21.5 Å². The number of piperazine rings is 1. The van der Waals surface area contributed by atoms with Crippen LogP contribution in [-0.4, -0.2) is 58.5 Å². The number of carbonyl (C=O) groups excluding carboxylic acids is 1. The molecule has 0 aromatic heterocycles. The van der Waals surface area contributed by atoms with E-state index in [-0.39, 0.29) is 17.9 Å². The topological polar surface area (TPSA) is 128 Å². The summed E-state index contributed by atoms with van der Waals surface area (Å²) >= 11 is 0. The van der Waals surface area contributed by atoms with E-state index in [1.807, 2.05) is 18.2 Å². The number of nitrogens with zero attached hydrogens (tertiary/aromatic N) is 4. The number of amides is 1. The number of hydrogen-bond donors (Lipinski definition) is 0. The number of fused-ring (bicyclic) bond motifs is 1. The zero-order valence-electron chi connectivity index (χ0n) is 16.8. The molecule has 0 saturated carbocycles. The predicted octanol–water partition coefficient (Wildman–Crippen LogP) is 2.50. The van der Waals surface area contributed by atoms with E-state index in [2.05, 4.69) is 4.90 Å². The molecule has 11 nitrogen and oxygen atoms in total. The number of ether oxygens (including phenoxy) is 2. The van der Waals surface area contributed by atoms with Gasteiger partial charge in [-0.1, -0.05) is 6.07 Å². The normalized spacial score (nSPS) is 15.7. The van der Waals surface area contributed by atoms with Crippen molar-refractivity contribution in [3.63, 3.8) is 0 Å². The van der Waals surface area contributed by atoms with E-state index in [1.54, 1.807) is 4.90 Å². The van der Waals surface area contributed by atoms with Crippen molar-refractivity contribution in [1.29, 1.82) is 0 Å². The highest BCUT2D eigenvalue weighted by Crippen LogP contribution is 2.33. The maximum absolute atomic E-state index is 12.9. The molecule has 2 aromatic rings. The Labute approximate surface area is 177 Å². The lowest BCUT2D eigenvalue weighted by atomic mass is 10.1. The Hall–Kier alpha value is -3.73. The zero-order chi connectivity index (χ0) is 22.1. The van der Waals surface area contributed by atoms with Crippen LogP contribution in [0.4, 0.5) is 11.4 Å². The molecule has 1 amide bonds. The SMILES string of the molecule is Cc1c([N+](=O)[O-])cc(C(=O)N2CCN(Cc3ccc4c(c3)OCO4)CC2)cc1[N+](=O)[O-]. The maximum atomic E-state index is 12.9. The fourth-order valence-electron chi connectivity index (χ4n) is 3.78. The van der Waals surface area contributed by atoms with Gasteiger partial charge in [0, 0.05) is 44.9 Å². The van der Waals surface area contributed by atoms with Crippen molar-refractivity contribution >= 4 is 17.3 Å². The third-order valence-corrected chi connectivity index (χ3v) is 5.50. The molecule has 2 aromatic carbocycles. The Balaban J connectivity index is 1.43. The van der Waals surface area contributed by atoms with Crippen LogP contribution in [0.5, 0.6) is 11.5 Å². The van der Waals surface area contributed by atoms with Crippen LogP contribution in [0.3, 0.4) is 0 Å². The van der Waals surface area contributed by atoms with Gasteiger partial charge in [-0.3, -0.25) is 29.9 Å². The third kappa shape index (κ3) is 4.12. The molecule has 0 atom stereocenters. The van der Waals surface area contributed by atoms with Crippen LogP contribution in [0.15, 0.2) is 30.3 Å². The van der Waals surface area contributed by atoms with Gasteiger partial charge in [-0.25, -0.2) is 0 Å². The maximum Gasteiger partial charge on any atom is 0.279 e. The molecule has 0 radical (unpaired) electrons. The van der Waals surface area contributed by atoms with Crippen LogP contribution in [-0.2, 0) is 6.54 Å². The zero-order valence-corrected chi connectivity index (χ0v) is 16.8. The van der Waals surface area contributed by atoms with Gasteiger partial charge in [0.25, 0.3) is 17.3 Å². The van der Waals surface area contributed by atoms with Gasteiger partial charge < -0.3 is 14.4 Å². The molecule has 1 saturated heterocycles. The minimum Gasteiger partial charge on any atom is -0.454 e. The van der Waals surface area contributed by atoms with E-state index in [1.165, 1.54) is 6.92 Å². The minimum absolute atomic E-state index is 0.0479. The summed E-state index contributed by atoms with van der Waals surface area (Å²) in [5.41, 5.74) is 0.0834. The molecule has 1 fully saturated rings. The second kappa shape index (κ2) is 8.19. The fourth-order valence-corrected chi connectivity index (χ4v) is 3.78. The van der Waals surface area contributed by atoms with Crippen LogP contribution in [0, 0.1) is 27.2 Å². The number of nitro benzene ring substituents is 2. The second-order valence-corrected chi connectivity index (χ2v) is 7.41. The summed E-state index contributed by atoms with van der Waals surface area (Å²) in [6.07, 6.45) is 0. The van der Waals surface area contributed by atoms with Gasteiger partial charge in [-0.2, -0.15) is 0 Å². The van der Waals surface area contributed by atoms with E-state index < -0.39 is 27.1 Å². The molecule has 11 heteroatoms. The summed E-state index contributed by atoms with van der Waals surface area (Å²) < 4.78 is 10.7. The van der Waals surface area contributed by atoms with Crippen molar-refractivity contribution < 1.29 is 24.1 Å². The Kier molecular flexibility index (Phi) is 5.42. The lowest BCUT2D eigenvalue weighted by Crippen LogP contribution is -2.48. The van der Waals surface area contributed by atoms with Crippen LogP contribution >= 0.6 is 0 Å². The Bertz CT molecular complexity index is 1030. The molecule has 2 aliphatic rings. The molecule has 31 heavy (non-hydrogen) atoms. The Morgan fingerprint density at radius 1 is 0.968 bits per heavy atom. The highest BCUT2D eigenvalue weighted by Gasteiger charge is 2.29. The summed E-state index contributed by atoms with van der Waals surface area (Å²) in [6.45, 7) is 4.25. The first-order valence-electron chi connectivity index (χ1n) is 9.67. The van der Waals surface area contributed by atoms with Gasteiger partial charge in [-0.15, -0.1) is 0 Å². The van der Waals surface area contributed by atoms with E-state index in [9.17, 15) is 25.0 Å². The first-order valence-corrected chi connectivity index (χ1v) is 9.67. The highest BCUT2D eigenvalue weighted by atomic mass is 16.7. The Morgan fingerprint density at radius 2 is 1.58 bits per heavy atom. The molecular weight excluding hydrogens is 408 g/mol.